The van der Waals surface area contributed by atoms with E-state index in [0.717, 1.165) is 89.9 Å². The lowest BCUT2D eigenvalue weighted by Crippen LogP contribution is -2.30. The van der Waals surface area contributed by atoms with Crippen LogP contribution in [0.5, 0.6) is 0 Å². The van der Waals surface area contributed by atoms with Crippen molar-refractivity contribution in [2.24, 2.45) is 0 Å². The zero-order chi connectivity index (χ0) is 43.5. The van der Waals surface area contributed by atoms with Gasteiger partial charge >= 0.3 is 11.9 Å². The molecular weight excluding hydrogens is 741 g/mol. The van der Waals surface area contributed by atoms with Crippen LogP contribution in [0.15, 0.2) is 97.2 Å². The molecule has 0 aliphatic heterocycles. The molecule has 0 saturated heterocycles. The SMILES string of the molecule is CC/C=C\C/C=C\C/C=C\C/C=C\CCC(=O)OC(COCCCCCCCC/C=C\C/C=C\C/C=C\CC)COC(=O)CCCCCCC/C=C\CCCCCCCC. The Kier molecular flexibility index (Phi) is 47.5. The maximum atomic E-state index is 12.7. The van der Waals surface area contributed by atoms with Gasteiger partial charge in [-0.3, -0.25) is 9.59 Å². The Morgan fingerprint density at radius 2 is 0.783 bits per heavy atom. The third kappa shape index (κ3) is 47.5. The lowest BCUT2D eigenvalue weighted by atomic mass is 10.1. The molecule has 0 radical (unpaired) electrons. The predicted molar refractivity (Wildman–Crippen MR) is 260 cm³/mol. The van der Waals surface area contributed by atoms with E-state index >= 15 is 0 Å². The lowest BCUT2D eigenvalue weighted by Gasteiger charge is -2.18. The Labute approximate surface area is 371 Å². The van der Waals surface area contributed by atoms with Gasteiger partial charge < -0.3 is 14.2 Å². The molecule has 5 heteroatoms. The van der Waals surface area contributed by atoms with Gasteiger partial charge in [-0.25, -0.2) is 0 Å². The van der Waals surface area contributed by atoms with Crippen LogP contribution >= 0.6 is 0 Å². The van der Waals surface area contributed by atoms with Gasteiger partial charge in [-0.1, -0.05) is 195 Å². The van der Waals surface area contributed by atoms with E-state index in [1.165, 1.54) is 83.5 Å². The Balaban J connectivity index is 4.39. The van der Waals surface area contributed by atoms with Crippen molar-refractivity contribution >= 4 is 11.9 Å². The van der Waals surface area contributed by atoms with E-state index < -0.39 is 6.10 Å². The molecule has 5 nitrogen and oxygen atoms in total. The molecule has 0 aromatic carbocycles. The van der Waals surface area contributed by atoms with Crippen molar-refractivity contribution in [1.82, 2.24) is 0 Å². The van der Waals surface area contributed by atoms with E-state index in [0.29, 0.717) is 19.4 Å². The number of allylic oxidation sites excluding steroid dienone is 16. The first-order chi connectivity index (χ1) is 29.6. The summed E-state index contributed by atoms with van der Waals surface area (Å²) in [6, 6.07) is 0. The van der Waals surface area contributed by atoms with Crippen LogP contribution in [-0.2, 0) is 23.8 Å². The molecule has 0 saturated carbocycles. The van der Waals surface area contributed by atoms with Crippen molar-refractivity contribution in [3.05, 3.63) is 97.2 Å². The Morgan fingerprint density at radius 3 is 1.28 bits per heavy atom. The molecule has 0 fully saturated rings. The van der Waals surface area contributed by atoms with Crippen LogP contribution in [0.3, 0.4) is 0 Å². The van der Waals surface area contributed by atoms with Crippen molar-refractivity contribution < 1.29 is 23.8 Å². The summed E-state index contributed by atoms with van der Waals surface area (Å²) in [6.45, 7) is 7.47. The van der Waals surface area contributed by atoms with Crippen LogP contribution in [0.4, 0.5) is 0 Å². The van der Waals surface area contributed by atoms with Gasteiger partial charge in [0.25, 0.3) is 0 Å². The fourth-order valence-corrected chi connectivity index (χ4v) is 6.47. The number of esters is 2. The zero-order valence-corrected chi connectivity index (χ0v) is 39.2. The first kappa shape index (κ1) is 56.8. The van der Waals surface area contributed by atoms with Gasteiger partial charge in [0.05, 0.1) is 6.61 Å². The average Bonchev–Trinajstić information content (AvgIpc) is 3.25. The second-order valence-corrected chi connectivity index (χ2v) is 15.9. The van der Waals surface area contributed by atoms with E-state index in [1.54, 1.807) is 0 Å². The number of hydrogen-bond acceptors (Lipinski definition) is 5. The molecule has 0 spiro atoms. The minimum atomic E-state index is -0.588. The highest BCUT2D eigenvalue weighted by Crippen LogP contribution is 2.12. The third-order valence-corrected chi connectivity index (χ3v) is 10.1. The summed E-state index contributed by atoms with van der Waals surface area (Å²) in [5.74, 6) is -0.512. The highest BCUT2D eigenvalue weighted by molar-refractivity contribution is 5.70. The van der Waals surface area contributed by atoms with Crippen LogP contribution in [0, 0.1) is 0 Å². The maximum absolute atomic E-state index is 12.7. The third-order valence-electron chi connectivity index (χ3n) is 10.1. The Hall–Kier alpha value is -3.18. The number of hydrogen-bond donors (Lipinski definition) is 0. The van der Waals surface area contributed by atoms with E-state index in [-0.39, 0.29) is 31.6 Å². The fraction of sp³-hybridized carbons (Fsp3) is 0.673. The monoisotopic (exact) mass is 833 g/mol. The van der Waals surface area contributed by atoms with Gasteiger partial charge in [-0.05, 0) is 103 Å². The van der Waals surface area contributed by atoms with Crippen molar-refractivity contribution in [2.75, 3.05) is 19.8 Å². The van der Waals surface area contributed by atoms with Gasteiger partial charge in [-0.2, -0.15) is 0 Å². The van der Waals surface area contributed by atoms with E-state index in [9.17, 15) is 9.59 Å². The first-order valence-corrected chi connectivity index (χ1v) is 24.8. The van der Waals surface area contributed by atoms with E-state index in [1.807, 2.05) is 6.08 Å². The summed E-state index contributed by atoms with van der Waals surface area (Å²) in [7, 11) is 0. The van der Waals surface area contributed by atoms with Crippen LogP contribution in [0.25, 0.3) is 0 Å². The Bertz CT molecular complexity index is 1170. The topological polar surface area (TPSA) is 61.8 Å². The number of unbranched alkanes of at least 4 members (excludes halogenated alkanes) is 17. The summed E-state index contributed by atoms with van der Waals surface area (Å²) in [5, 5.41) is 0. The maximum Gasteiger partial charge on any atom is 0.306 e. The summed E-state index contributed by atoms with van der Waals surface area (Å²) < 4.78 is 17.3. The molecule has 0 aromatic heterocycles. The normalized spacial score (nSPS) is 13.1. The molecule has 0 aliphatic carbocycles. The molecule has 60 heavy (non-hydrogen) atoms. The molecule has 0 amide bonds. The average molecular weight is 833 g/mol. The highest BCUT2D eigenvalue weighted by atomic mass is 16.6. The van der Waals surface area contributed by atoms with E-state index in [2.05, 4.69) is 112 Å². The van der Waals surface area contributed by atoms with Crippen LogP contribution in [0.1, 0.15) is 213 Å². The summed E-state index contributed by atoms with van der Waals surface area (Å²) in [6.07, 6.45) is 67.1. The first-order valence-electron chi connectivity index (χ1n) is 24.8. The van der Waals surface area contributed by atoms with Crippen LogP contribution < -0.4 is 0 Å². The van der Waals surface area contributed by atoms with Crippen molar-refractivity contribution in [3.63, 3.8) is 0 Å². The number of carbonyl (C=O) groups is 2. The van der Waals surface area contributed by atoms with Crippen LogP contribution in [-0.4, -0.2) is 37.9 Å². The highest BCUT2D eigenvalue weighted by Gasteiger charge is 2.17. The molecule has 1 atom stereocenters. The van der Waals surface area contributed by atoms with Gasteiger partial charge in [-0.15, -0.1) is 0 Å². The quantitative estimate of drug-likeness (QED) is 0.0348. The molecule has 0 aromatic rings. The molecule has 0 heterocycles. The molecule has 0 bridgehead atoms. The molecule has 0 aliphatic rings. The van der Waals surface area contributed by atoms with Gasteiger partial charge in [0.15, 0.2) is 6.10 Å². The molecule has 342 valence electrons. The van der Waals surface area contributed by atoms with Crippen LogP contribution in [0.2, 0.25) is 0 Å². The molecule has 1 unspecified atom stereocenters. The summed E-state index contributed by atoms with van der Waals surface area (Å²) in [4.78, 5) is 25.3. The second kappa shape index (κ2) is 50.2. The molecular formula is C55H92O5. The predicted octanol–water partition coefficient (Wildman–Crippen LogP) is 16.7. The fourth-order valence-electron chi connectivity index (χ4n) is 6.47. The minimum absolute atomic E-state index is 0.0423. The second-order valence-electron chi connectivity index (χ2n) is 15.9. The molecule has 0 rings (SSSR count). The van der Waals surface area contributed by atoms with Crippen molar-refractivity contribution in [3.8, 4) is 0 Å². The Morgan fingerprint density at radius 1 is 0.383 bits per heavy atom. The number of carbonyl (C=O) groups excluding carboxylic acids is 2. The van der Waals surface area contributed by atoms with Gasteiger partial charge in [0.2, 0.25) is 0 Å². The van der Waals surface area contributed by atoms with Gasteiger partial charge in [0, 0.05) is 19.4 Å². The lowest BCUT2D eigenvalue weighted by molar-refractivity contribution is -0.162. The van der Waals surface area contributed by atoms with Crippen molar-refractivity contribution in [1.29, 1.82) is 0 Å². The number of ether oxygens (including phenoxy) is 3. The minimum Gasteiger partial charge on any atom is -0.462 e. The summed E-state index contributed by atoms with van der Waals surface area (Å²) in [5.41, 5.74) is 0. The van der Waals surface area contributed by atoms with Crippen molar-refractivity contribution in [2.45, 2.75) is 219 Å². The molecule has 0 N–H and O–H groups in total. The zero-order valence-electron chi connectivity index (χ0n) is 39.2. The van der Waals surface area contributed by atoms with E-state index in [4.69, 9.17) is 14.2 Å². The largest absolute Gasteiger partial charge is 0.462 e. The smallest absolute Gasteiger partial charge is 0.306 e. The number of rotatable bonds is 44. The van der Waals surface area contributed by atoms with Gasteiger partial charge in [0.1, 0.15) is 6.61 Å². The summed E-state index contributed by atoms with van der Waals surface area (Å²) >= 11 is 0. The standard InChI is InChI=1S/C55H92O5/c1-4-7-10-13-16-19-22-25-27-29-32-35-38-41-44-47-50-58-51-53(60-55(57)49-46-43-40-37-34-30-24-21-18-15-12-9-6-3)52-59-54(56)48-45-42-39-36-33-31-28-26-23-20-17-14-11-8-5-2/h7,9-10,12,16,18-19,21,25-28,30,34,40,43,53H,4-6,8,11,13-15,17,20,22-24,29,31-33,35-39,41-42,44-52H2,1-3H3/b10-7-,12-9-,19-16-,21-18-,27-25-,28-26-,34-30-,43-40-.